The molecule has 0 atom stereocenters. The monoisotopic (exact) mass is 246 g/mol. The van der Waals surface area contributed by atoms with Crippen molar-refractivity contribution in [2.45, 2.75) is 0 Å². The predicted octanol–water partition coefficient (Wildman–Crippen LogP) is 1.41. The molecular weight excluding hydrogens is 232 g/mol. The zero-order valence-corrected chi connectivity index (χ0v) is 10.3. The van der Waals surface area contributed by atoms with E-state index >= 15 is 0 Å². The first-order valence-electron chi connectivity index (χ1n) is 5.52. The van der Waals surface area contributed by atoms with Gasteiger partial charge in [0.2, 0.25) is 0 Å². The number of aromatic nitrogens is 1. The average Bonchev–Trinajstić information content (AvgIpc) is 2.85. The molecule has 0 saturated heterocycles. The van der Waals surface area contributed by atoms with E-state index in [4.69, 9.17) is 0 Å². The number of hydrogen-bond donors (Lipinski definition) is 1. The molecule has 1 N–H and O–H groups in total. The third-order valence-electron chi connectivity index (χ3n) is 2.77. The Kier molecular flexibility index (Phi) is 3.32. The molecular formula is C13H14N2O3. The summed E-state index contributed by atoms with van der Waals surface area (Å²) in [7, 11) is 2.87. The van der Waals surface area contributed by atoms with Crippen LogP contribution in [-0.4, -0.2) is 42.5 Å². The first-order chi connectivity index (χ1) is 8.63. The van der Waals surface area contributed by atoms with Crippen LogP contribution in [0.1, 0.15) is 10.4 Å². The summed E-state index contributed by atoms with van der Waals surface area (Å²) in [6.07, 6.45) is 1.78. The largest absolute Gasteiger partial charge is 0.468 e. The maximum atomic E-state index is 12.2. The third kappa shape index (κ3) is 2.20. The summed E-state index contributed by atoms with van der Waals surface area (Å²) in [6.45, 7) is -0.0594. The van der Waals surface area contributed by atoms with Crippen LogP contribution in [0.5, 0.6) is 0 Å². The summed E-state index contributed by atoms with van der Waals surface area (Å²) in [5, 5.41) is 0.846. The quantitative estimate of drug-likeness (QED) is 0.833. The number of benzene rings is 1. The molecule has 0 aliphatic rings. The molecule has 0 aliphatic carbocycles. The fourth-order valence-electron chi connectivity index (χ4n) is 1.81. The number of carbonyl (C=O) groups is 2. The van der Waals surface area contributed by atoms with Crippen LogP contribution in [0.3, 0.4) is 0 Å². The number of nitrogens with zero attached hydrogens (tertiary/aromatic N) is 1. The Labute approximate surface area is 104 Å². The van der Waals surface area contributed by atoms with Crippen molar-refractivity contribution in [3.8, 4) is 0 Å². The second kappa shape index (κ2) is 4.91. The molecule has 1 amide bonds. The number of carbonyl (C=O) groups excluding carboxylic acids is 2. The lowest BCUT2D eigenvalue weighted by atomic mass is 10.1. The number of aromatic amines is 1. The number of ether oxygens (including phenoxy) is 1. The van der Waals surface area contributed by atoms with Gasteiger partial charge in [-0.25, -0.2) is 0 Å². The molecule has 2 aromatic rings. The number of fused-ring (bicyclic) bond motifs is 1. The third-order valence-corrected chi connectivity index (χ3v) is 2.77. The number of likely N-dealkylation sites (N-methyl/N-ethyl adjacent to an activating group) is 1. The normalized spacial score (nSPS) is 10.3. The summed E-state index contributed by atoms with van der Waals surface area (Å²) >= 11 is 0. The molecule has 94 valence electrons. The number of methoxy groups -OCH3 is 1. The van der Waals surface area contributed by atoms with Gasteiger partial charge in [-0.2, -0.15) is 0 Å². The Bertz CT molecular complexity index is 589. The predicted molar refractivity (Wildman–Crippen MR) is 67.3 cm³/mol. The van der Waals surface area contributed by atoms with Crippen LogP contribution in [0.15, 0.2) is 30.5 Å². The Hall–Kier alpha value is -2.30. The minimum Gasteiger partial charge on any atom is -0.468 e. The smallest absolute Gasteiger partial charge is 0.325 e. The Morgan fingerprint density at radius 1 is 1.33 bits per heavy atom. The fraction of sp³-hybridized carbons (Fsp3) is 0.231. The zero-order valence-electron chi connectivity index (χ0n) is 10.3. The SMILES string of the molecule is COC(=O)CN(C)C(=O)c1cccc2[nH]ccc12. The van der Waals surface area contributed by atoms with Crippen LogP contribution in [0.25, 0.3) is 10.9 Å². The highest BCUT2D eigenvalue weighted by atomic mass is 16.5. The Morgan fingerprint density at radius 2 is 2.11 bits per heavy atom. The van der Waals surface area contributed by atoms with E-state index in [-0.39, 0.29) is 12.5 Å². The van der Waals surface area contributed by atoms with Gasteiger partial charge in [0.25, 0.3) is 5.91 Å². The molecule has 18 heavy (non-hydrogen) atoms. The molecule has 1 heterocycles. The number of nitrogens with one attached hydrogen (secondary N) is 1. The summed E-state index contributed by atoms with van der Waals surface area (Å²) in [6, 6.07) is 7.28. The first-order valence-corrected chi connectivity index (χ1v) is 5.52. The summed E-state index contributed by atoms with van der Waals surface area (Å²) in [5.41, 5.74) is 1.47. The van der Waals surface area contributed by atoms with Gasteiger partial charge in [-0.15, -0.1) is 0 Å². The highest BCUT2D eigenvalue weighted by Crippen LogP contribution is 2.18. The summed E-state index contributed by atoms with van der Waals surface area (Å²) < 4.78 is 4.54. The lowest BCUT2D eigenvalue weighted by Gasteiger charge is -2.16. The van der Waals surface area contributed by atoms with E-state index in [9.17, 15) is 9.59 Å². The molecule has 0 bridgehead atoms. The van der Waals surface area contributed by atoms with Gasteiger partial charge in [-0.3, -0.25) is 9.59 Å². The topological polar surface area (TPSA) is 62.4 Å². The van der Waals surface area contributed by atoms with E-state index in [0.29, 0.717) is 5.56 Å². The highest BCUT2D eigenvalue weighted by molar-refractivity contribution is 6.06. The number of H-pyrrole nitrogens is 1. The Morgan fingerprint density at radius 3 is 2.83 bits per heavy atom. The van der Waals surface area contributed by atoms with E-state index in [1.807, 2.05) is 12.1 Å². The van der Waals surface area contributed by atoms with E-state index in [1.165, 1.54) is 12.0 Å². The minimum absolute atomic E-state index is 0.0594. The van der Waals surface area contributed by atoms with E-state index in [0.717, 1.165) is 10.9 Å². The van der Waals surface area contributed by atoms with Gasteiger partial charge in [0.15, 0.2) is 0 Å². The second-order valence-corrected chi connectivity index (χ2v) is 3.98. The van der Waals surface area contributed by atoms with Crippen LogP contribution in [0.4, 0.5) is 0 Å². The molecule has 1 aromatic heterocycles. The van der Waals surface area contributed by atoms with Crippen molar-refractivity contribution < 1.29 is 14.3 Å². The molecule has 5 nitrogen and oxygen atoms in total. The molecule has 1 aromatic carbocycles. The molecule has 2 rings (SSSR count). The van der Waals surface area contributed by atoms with Crippen molar-refractivity contribution in [2.75, 3.05) is 20.7 Å². The lowest BCUT2D eigenvalue weighted by Crippen LogP contribution is -2.32. The van der Waals surface area contributed by atoms with Crippen molar-refractivity contribution in [1.82, 2.24) is 9.88 Å². The maximum Gasteiger partial charge on any atom is 0.325 e. The molecule has 0 spiro atoms. The van der Waals surface area contributed by atoms with Crippen molar-refractivity contribution >= 4 is 22.8 Å². The number of hydrogen-bond acceptors (Lipinski definition) is 3. The lowest BCUT2D eigenvalue weighted by molar-refractivity contribution is -0.141. The van der Waals surface area contributed by atoms with Gasteiger partial charge in [-0.1, -0.05) is 6.07 Å². The van der Waals surface area contributed by atoms with Gasteiger partial charge >= 0.3 is 5.97 Å². The van der Waals surface area contributed by atoms with Crippen molar-refractivity contribution in [1.29, 1.82) is 0 Å². The summed E-state index contributed by atoms with van der Waals surface area (Å²) in [4.78, 5) is 27.7. The van der Waals surface area contributed by atoms with Crippen LogP contribution in [-0.2, 0) is 9.53 Å². The van der Waals surface area contributed by atoms with E-state index < -0.39 is 5.97 Å². The fourth-order valence-corrected chi connectivity index (χ4v) is 1.81. The standard InChI is InChI=1S/C13H14N2O3/c1-15(8-12(16)18-2)13(17)10-4-3-5-11-9(10)6-7-14-11/h3-7,14H,8H2,1-2H3. The second-order valence-electron chi connectivity index (χ2n) is 3.98. The van der Waals surface area contributed by atoms with Crippen molar-refractivity contribution in [2.24, 2.45) is 0 Å². The molecule has 0 fully saturated rings. The van der Waals surface area contributed by atoms with Gasteiger partial charge in [0, 0.05) is 29.7 Å². The van der Waals surface area contributed by atoms with Crippen molar-refractivity contribution in [3.05, 3.63) is 36.0 Å². The van der Waals surface area contributed by atoms with Crippen LogP contribution in [0.2, 0.25) is 0 Å². The minimum atomic E-state index is -0.438. The van der Waals surface area contributed by atoms with Crippen LogP contribution >= 0.6 is 0 Å². The number of rotatable bonds is 3. The molecule has 0 aliphatic heterocycles. The molecule has 0 saturated carbocycles. The summed E-state index contributed by atoms with van der Waals surface area (Å²) in [5.74, 6) is -0.641. The average molecular weight is 246 g/mol. The van der Waals surface area contributed by atoms with E-state index in [1.54, 1.807) is 25.4 Å². The maximum absolute atomic E-state index is 12.2. The highest BCUT2D eigenvalue weighted by Gasteiger charge is 2.17. The van der Waals surface area contributed by atoms with E-state index in [2.05, 4.69) is 9.72 Å². The van der Waals surface area contributed by atoms with Crippen LogP contribution in [0, 0.1) is 0 Å². The van der Waals surface area contributed by atoms with Gasteiger partial charge in [0.05, 0.1) is 7.11 Å². The van der Waals surface area contributed by atoms with Crippen molar-refractivity contribution in [3.63, 3.8) is 0 Å². The van der Waals surface area contributed by atoms with Gasteiger partial charge < -0.3 is 14.6 Å². The number of amides is 1. The Balaban J connectivity index is 2.28. The van der Waals surface area contributed by atoms with Gasteiger partial charge in [-0.05, 0) is 18.2 Å². The number of esters is 1. The van der Waals surface area contributed by atoms with Crippen LogP contribution < -0.4 is 0 Å². The molecule has 0 radical (unpaired) electrons. The molecule has 0 unspecified atom stereocenters. The van der Waals surface area contributed by atoms with Gasteiger partial charge in [0.1, 0.15) is 6.54 Å². The first kappa shape index (κ1) is 12.2. The molecule has 5 heteroatoms. The zero-order chi connectivity index (χ0) is 13.1.